The van der Waals surface area contributed by atoms with E-state index in [1.807, 2.05) is 30.3 Å². The molecule has 1 aliphatic heterocycles. The number of piperidine rings is 1. The average molecular weight is 398 g/mol. The van der Waals surface area contributed by atoms with Crippen LogP contribution in [0.25, 0.3) is 11.5 Å². The van der Waals surface area contributed by atoms with Gasteiger partial charge in [0, 0.05) is 23.7 Å². The molecule has 1 aromatic heterocycles. The number of nitrogens with zero attached hydrogens (tertiary/aromatic N) is 3. The van der Waals surface area contributed by atoms with Crippen LogP contribution in [0.15, 0.2) is 59.0 Å². The maximum atomic E-state index is 12.6. The van der Waals surface area contributed by atoms with Crippen molar-refractivity contribution in [3.8, 4) is 17.2 Å². The van der Waals surface area contributed by atoms with Crippen LogP contribution in [-0.2, 0) is 4.79 Å². The molecule has 6 nitrogen and oxygen atoms in total. The fraction of sp³-hybridized carbons (Fsp3) is 0.286. The molecule has 4 rings (SSSR count). The van der Waals surface area contributed by atoms with E-state index in [1.165, 1.54) is 0 Å². The summed E-state index contributed by atoms with van der Waals surface area (Å²) in [7, 11) is 0. The standard InChI is InChI=1S/C21H20ClN3O3/c22-17-8-10-18(11-9-17)27-14-19(26)25-12-4-7-16(13-25)21-24-23-20(28-21)15-5-2-1-3-6-15/h1-3,5-6,8-11,16H,4,7,12-14H2/t16-/m0/s1. The zero-order valence-corrected chi connectivity index (χ0v) is 16.0. The Morgan fingerprint density at radius 1 is 1.14 bits per heavy atom. The fourth-order valence-electron chi connectivity index (χ4n) is 3.27. The highest BCUT2D eigenvalue weighted by molar-refractivity contribution is 6.30. The lowest BCUT2D eigenvalue weighted by molar-refractivity contribution is -0.134. The van der Waals surface area contributed by atoms with E-state index in [0.717, 1.165) is 18.4 Å². The fourth-order valence-corrected chi connectivity index (χ4v) is 3.40. The number of likely N-dealkylation sites (tertiary alicyclic amines) is 1. The Labute approximate surface area is 168 Å². The molecule has 28 heavy (non-hydrogen) atoms. The van der Waals surface area contributed by atoms with Crippen molar-refractivity contribution in [3.63, 3.8) is 0 Å². The smallest absolute Gasteiger partial charge is 0.260 e. The lowest BCUT2D eigenvalue weighted by Gasteiger charge is -2.31. The summed E-state index contributed by atoms with van der Waals surface area (Å²) in [5, 5.41) is 9.00. The van der Waals surface area contributed by atoms with Crippen molar-refractivity contribution in [2.75, 3.05) is 19.7 Å². The number of hydrogen-bond donors (Lipinski definition) is 0. The molecule has 2 aromatic carbocycles. The molecule has 1 atom stereocenters. The number of halogens is 1. The summed E-state index contributed by atoms with van der Waals surface area (Å²) in [6.07, 6.45) is 1.80. The van der Waals surface area contributed by atoms with Gasteiger partial charge in [0.1, 0.15) is 5.75 Å². The minimum Gasteiger partial charge on any atom is -0.484 e. The topological polar surface area (TPSA) is 68.5 Å². The van der Waals surface area contributed by atoms with Gasteiger partial charge in [-0.2, -0.15) is 0 Å². The Morgan fingerprint density at radius 3 is 2.71 bits per heavy atom. The Bertz CT molecular complexity index is 928. The second-order valence-corrected chi connectivity index (χ2v) is 7.17. The third-order valence-corrected chi connectivity index (χ3v) is 5.01. The van der Waals surface area contributed by atoms with Gasteiger partial charge in [-0.05, 0) is 49.2 Å². The molecule has 0 radical (unpaired) electrons. The minimum atomic E-state index is -0.0533. The van der Waals surface area contributed by atoms with Crippen molar-refractivity contribution in [3.05, 3.63) is 65.5 Å². The number of aromatic nitrogens is 2. The van der Waals surface area contributed by atoms with Crippen molar-refractivity contribution in [1.29, 1.82) is 0 Å². The van der Waals surface area contributed by atoms with Crippen molar-refractivity contribution in [2.24, 2.45) is 0 Å². The summed E-state index contributed by atoms with van der Waals surface area (Å²) in [4.78, 5) is 14.4. The number of ether oxygens (including phenoxy) is 1. The van der Waals surface area contributed by atoms with Crippen LogP contribution in [0.1, 0.15) is 24.7 Å². The summed E-state index contributed by atoms with van der Waals surface area (Å²) < 4.78 is 11.5. The highest BCUT2D eigenvalue weighted by atomic mass is 35.5. The summed E-state index contributed by atoms with van der Waals surface area (Å²) in [6.45, 7) is 1.26. The van der Waals surface area contributed by atoms with E-state index in [0.29, 0.717) is 35.6 Å². The van der Waals surface area contributed by atoms with Crippen LogP contribution in [0.5, 0.6) is 5.75 Å². The number of carbonyl (C=O) groups excluding carboxylic acids is 1. The van der Waals surface area contributed by atoms with Crippen LogP contribution in [0.2, 0.25) is 5.02 Å². The maximum Gasteiger partial charge on any atom is 0.260 e. The van der Waals surface area contributed by atoms with Gasteiger partial charge in [0.05, 0.1) is 5.92 Å². The lowest BCUT2D eigenvalue weighted by Crippen LogP contribution is -2.41. The largest absolute Gasteiger partial charge is 0.484 e. The normalized spacial score (nSPS) is 16.8. The van der Waals surface area contributed by atoms with Gasteiger partial charge in [-0.25, -0.2) is 0 Å². The molecule has 0 spiro atoms. The second-order valence-electron chi connectivity index (χ2n) is 6.73. The first-order valence-corrected chi connectivity index (χ1v) is 9.62. The maximum absolute atomic E-state index is 12.6. The van der Waals surface area contributed by atoms with Crippen LogP contribution in [0.4, 0.5) is 0 Å². The highest BCUT2D eigenvalue weighted by Crippen LogP contribution is 2.28. The molecular formula is C21H20ClN3O3. The van der Waals surface area contributed by atoms with E-state index in [9.17, 15) is 4.79 Å². The molecule has 3 aromatic rings. The van der Waals surface area contributed by atoms with E-state index in [4.69, 9.17) is 20.8 Å². The summed E-state index contributed by atoms with van der Waals surface area (Å²) in [6, 6.07) is 16.6. The van der Waals surface area contributed by atoms with Gasteiger partial charge >= 0.3 is 0 Å². The summed E-state index contributed by atoms with van der Waals surface area (Å²) in [5.74, 6) is 1.69. The number of amides is 1. The number of carbonyl (C=O) groups is 1. The molecule has 7 heteroatoms. The predicted molar refractivity (Wildman–Crippen MR) is 105 cm³/mol. The molecule has 1 fully saturated rings. The average Bonchev–Trinajstić information content (AvgIpc) is 3.24. The Balaban J connectivity index is 1.37. The van der Waals surface area contributed by atoms with Gasteiger partial charge in [0.15, 0.2) is 6.61 Å². The Hall–Kier alpha value is -2.86. The molecule has 1 saturated heterocycles. The van der Waals surface area contributed by atoms with Gasteiger partial charge in [0.25, 0.3) is 5.91 Å². The van der Waals surface area contributed by atoms with E-state index in [1.54, 1.807) is 29.2 Å². The molecule has 0 saturated carbocycles. The van der Waals surface area contributed by atoms with E-state index in [2.05, 4.69) is 10.2 Å². The van der Waals surface area contributed by atoms with Crippen molar-refractivity contribution < 1.29 is 13.9 Å². The molecule has 2 heterocycles. The van der Waals surface area contributed by atoms with Crippen LogP contribution in [-0.4, -0.2) is 40.7 Å². The number of hydrogen-bond acceptors (Lipinski definition) is 5. The summed E-state index contributed by atoms with van der Waals surface area (Å²) >= 11 is 5.86. The molecular weight excluding hydrogens is 378 g/mol. The number of rotatable bonds is 5. The van der Waals surface area contributed by atoms with Gasteiger partial charge in [-0.15, -0.1) is 10.2 Å². The first-order chi connectivity index (χ1) is 13.7. The third kappa shape index (κ3) is 4.34. The molecule has 144 valence electrons. The molecule has 1 aliphatic rings. The van der Waals surface area contributed by atoms with Crippen LogP contribution in [0, 0.1) is 0 Å². The monoisotopic (exact) mass is 397 g/mol. The lowest BCUT2D eigenvalue weighted by atomic mass is 9.98. The van der Waals surface area contributed by atoms with Crippen LogP contribution >= 0.6 is 11.6 Å². The van der Waals surface area contributed by atoms with E-state index < -0.39 is 0 Å². The highest BCUT2D eigenvalue weighted by Gasteiger charge is 2.28. The molecule has 0 N–H and O–H groups in total. The van der Waals surface area contributed by atoms with Crippen molar-refractivity contribution in [1.82, 2.24) is 15.1 Å². The molecule has 1 amide bonds. The third-order valence-electron chi connectivity index (χ3n) is 4.76. The van der Waals surface area contributed by atoms with Gasteiger partial charge in [0.2, 0.25) is 11.8 Å². The molecule has 0 unspecified atom stereocenters. The second kappa shape index (κ2) is 8.44. The molecule has 0 bridgehead atoms. The zero-order valence-electron chi connectivity index (χ0n) is 15.3. The van der Waals surface area contributed by atoms with Gasteiger partial charge < -0.3 is 14.1 Å². The Kier molecular flexibility index (Phi) is 5.58. The van der Waals surface area contributed by atoms with Crippen molar-refractivity contribution in [2.45, 2.75) is 18.8 Å². The van der Waals surface area contributed by atoms with Gasteiger partial charge in [-0.1, -0.05) is 29.8 Å². The minimum absolute atomic E-state index is 0.00650. The quantitative estimate of drug-likeness (QED) is 0.646. The van der Waals surface area contributed by atoms with E-state index in [-0.39, 0.29) is 18.4 Å². The molecule has 0 aliphatic carbocycles. The Morgan fingerprint density at radius 2 is 1.93 bits per heavy atom. The number of benzene rings is 2. The summed E-state index contributed by atoms with van der Waals surface area (Å²) in [5.41, 5.74) is 0.890. The predicted octanol–water partition coefficient (Wildman–Crippen LogP) is 4.18. The first kappa shape index (κ1) is 18.5. The SMILES string of the molecule is O=C(COc1ccc(Cl)cc1)N1CCC[C@H](c2nnc(-c3ccccc3)o2)C1. The van der Waals surface area contributed by atoms with Crippen LogP contribution in [0.3, 0.4) is 0 Å². The first-order valence-electron chi connectivity index (χ1n) is 9.24. The van der Waals surface area contributed by atoms with Crippen molar-refractivity contribution >= 4 is 17.5 Å². The van der Waals surface area contributed by atoms with Gasteiger partial charge in [-0.3, -0.25) is 4.79 Å². The zero-order chi connectivity index (χ0) is 19.3. The van der Waals surface area contributed by atoms with Crippen LogP contribution < -0.4 is 4.74 Å². The van der Waals surface area contributed by atoms with E-state index >= 15 is 0 Å².